The molecule has 15 heavy (non-hydrogen) atoms. The summed E-state index contributed by atoms with van der Waals surface area (Å²) in [5.74, 6) is 0. The third kappa shape index (κ3) is 2.27. The van der Waals surface area contributed by atoms with Gasteiger partial charge in [0.25, 0.3) is 0 Å². The summed E-state index contributed by atoms with van der Waals surface area (Å²) in [6.45, 7) is 6.65. The molecule has 0 amide bonds. The monoisotopic (exact) mass is 315 g/mol. The first kappa shape index (κ1) is 10.8. The summed E-state index contributed by atoms with van der Waals surface area (Å²) in [7, 11) is 0. The molecule has 78 valence electrons. The normalized spacial score (nSPS) is 10.6. The van der Waals surface area contributed by atoms with Crippen molar-refractivity contribution in [2.24, 2.45) is 0 Å². The van der Waals surface area contributed by atoms with E-state index < -0.39 is 0 Å². The second-order valence-electron chi connectivity index (χ2n) is 3.79. The van der Waals surface area contributed by atoms with E-state index in [-0.39, 0.29) is 20.9 Å². The molecule has 2 rings (SSSR count). The molecule has 0 saturated carbocycles. The van der Waals surface area contributed by atoms with E-state index in [0.717, 1.165) is 0 Å². The molecule has 0 aliphatic carbocycles. The number of rotatable bonds is 2. The van der Waals surface area contributed by atoms with Gasteiger partial charge in [0, 0.05) is 0 Å². The Labute approximate surface area is 101 Å². The summed E-state index contributed by atoms with van der Waals surface area (Å²) < 4.78 is 3.00. The molecule has 0 atom stereocenters. The molecule has 0 aliphatic heterocycles. The number of benzene rings is 1. The zero-order valence-corrected chi connectivity index (χ0v) is 11.6. The van der Waals surface area contributed by atoms with Gasteiger partial charge in [-0.2, -0.15) is 0 Å². The second-order valence-corrected chi connectivity index (χ2v) is 6.79. The topological polar surface area (TPSA) is 15.8 Å². The molecule has 2 heteroatoms. The molecule has 1 heterocycles. The Balaban J connectivity index is 2.39. The number of aromatic nitrogens is 1. The maximum atomic E-state index is 3.32. The predicted octanol–water partition coefficient (Wildman–Crippen LogP) is 1.59. The van der Waals surface area contributed by atoms with Crippen molar-refractivity contribution in [3.63, 3.8) is 0 Å². The summed E-state index contributed by atoms with van der Waals surface area (Å²) >= 11 is -0.241. The Kier molecular flexibility index (Phi) is 3.19. The number of hydrogen-bond donors (Lipinski definition) is 1. The van der Waals surface area contributed by atoms with Crippen LogP contribution < -0.4 is 7.35 Å². The third-order valence-electron chi connectivity index (χ3n) is 2.66. The van der Waals surface area contributed by atoms with Crippen LogP contribution in [0.4, 0.5) is 0 Å². The Morgan fingerprint density at radius 3 is 2.40 bits per heavy atom. The number of nitrogens with one attached hydrogen (secondary N) is 1. The number of aryl methyl sites for hydroxylation is 2. The fourth-order valence-electron chi connectivity index (χ4n) is 1.57. The molecule has 1 nitrogen and oxygen atoms in total. The van der Waals surface area contributed by atoms with Gasteiger partial charge < -0.3 is 0 Å². The summed E-state index contributed by atoms with van der Waals surface area (Å²) in [6.07, 6.45) is 2.01. The van der Waals surface area contributed by atoms with Crippen LogP contribution >= 0.6 is 0 Å². The van der Waals surface area contributed by atoms with E-state index in [2.05, 4.69) is 50.0 Å². The molecule has 2 aromatic rings. The van der Waals surface area contributed by atoms with Gasteiger partial charge in [-0.3, -0.25) is 0 Å². The zero-order valence-electron chi connectivity index (χ0n) is 9.29. The van der Waals surface area contributed by atoms with Crippen molar-refractivity contribution in [3.8, 4) is 0 Å². The Hall–Kier alpha value is -0.710. The second kappa shape index (κ2) is 4.43. The van der Waals surface area contributed by atoms with Crippen molar-refractivity contribution in [2.75, 3.05) is 0 Å². The number of hydrogen-bond acceptors (Lipinski definition) is 0. The van der Waals surface area contributed by atoms with Crippen molar-refractivity contribution in [2.45, 2.75) is 20.8 Å². The Morgan fingerprint density at radius 1 is 1.00 bits per heavy atom. The van der Waals surface area contributed by atoms with E-state index in [0.29, 0.717) is 0 Å². The average molecular weight is 313 g/mol. The van der Waals surface area contributed by atoms with Crippen LogP contribution in [-0.4, -0.2) is 25.9 Å². The van der Waals surface area contributed by atoms with Crippen LogP contribution in [0.5, 0.6) is 0 Å². The van der Waals surface area contributed by atoms with E-state index in [1.807, 2.05) is 6.20 Å². The first-order chi connectivity index (χ1) is 7.18. The van der Waals surface area contributed by atoms with Gasteiger partial charge >= 0.3 is 101 Å². The van der Waals surface area contributed by atoms with Crippen molar-refractivity contribution >= 4 is 28.3 Å². The van der Waals surface area contributed by atoms with E-state index >= 15 is 0 Å². The Bertz CT molecular complexity index is 458. The van der Waals surface area contributed by atoms with E-state index in [1.54, 1.807) is 3.61 Å². The van der Waals surface area contributed by atoms with Crippen LogP contribution in [0, 0.1) is 20.8 Å². The SMILES string of the molecule is Cc1ccc(C)c([Te]c2ccc[nH]2)c1C. The van der Waals surface area contributed by atoms with Crippen LogP contribution in [0.15, 0.2) is 30.5 Å². The minimum atomic E-state index is -0.241. The van der Waals surface area contributed by atoms with Crippen LogP contribution in [0.2, 0.25) is 0 Å². The molecular formula is C13H15NTe. The molecule has 0 radical (unpaired) electrons. The van der Waals surface area contributed by atoms with Gasteiger partial charge in [0.05, 0.1) is 0 Å². The van der Waals surface area contributed by atoms with Gasteiger partial charge in [0.2, 0.25) is 0 Å². The zero-order chi connectivity index (χ0) is 10.8. The van der Waals surface area contributed by atoms with E-state index in [4.69, 9.17) is 0 Å². The molecule has 1 N–H and O–H groups in total. The fourth-order valence-corrected chi connectivity index (χ4v) is 4.53. The standard InChI is InChI=1S/C13H15NTe/c1-9-6-7-10(2)13(11(9)3)15-12-5-4-8-14-12/h4-8,14H,1-3H3. The molecule has 0 aliphatic rings. The van der Waals surface area contributed by atoms with Crippen molar-refractivity contribution in [3.05, 3.63) is 47.2 Å². The molecule has 1 aromatic carbocycles. The number of aromatic amines is 1. The van der Waals surface area contributed by atoms with Gasteiger partial charge in [-0.05, 0) is 0 Å². The van der Waals surface area contributed by atoms with E-state index in [1.165, 1.54) is 20.4 Å². The van der Waals surface area contributed by atoms with Crippen molar-refractivity contribution in [1.82, 2.24) is 4.98 Å². The quantitative estimate of drug-likeness (QED) is 0.811. The molecule has 0 spiro atoms. The summed E-state index contributed by atoms with van der Waals surface area (Å²) in [5.41, 5.74) is 4.33. The van der Waals surface area contributed by atoms with Crippen LogP contribution in [-0.2, 0) is 0 Å². The van der Waals surface area contributed by atoms with Gasteiger partial charge in [-0.15, -0.1) is 0 Å². The summed E-state index contributed by atoms with van der Waals surface area (Å²) in [5, 5.41) is 0. The first-order valence-corrected chi connectivity index (χ1v) is 7.39. The molecule has 0 saturated heterocycles. The molecule has 0 bridgehead atoms. The van der Waals surface area contributed by atoms with Crippen molar-refractivity contribution < 1.29 is 0 Å². The maximum absolute atomic E-state index is 3.32. The van der Waals surface area contributed by atoms with Crippen molar-refractivity contribution in [1.29, 1.82) is 0 Å². The van der Waals surface area contributed by atoms with Crippen LogP contribution in [0.3, 0.4) is 0 Å². The average Bonchev–Trinajstić information content (AvgIpc) is 2.71. The first-order valence-electron chi connectivity index (χ1n) is 5.06. The number of H-pyrrole nitrogens is 1. The fraction of sp³-hybridized carbons (Fsp3) is 0.231. The van der Waals surface area contributed by atoms with Gasteiger partial charge in [-0.25, -0.2) is 0 Å². The minimum absolute atomic E-state index is 0.241. The molecular weight excluding hydrogens is 298 g/mol. The van der Waals surface area contributed by atoms with Crippen LogP contribution in [0.25, 0.3) is 0 Å². The summed E-state index contributed by atoms with van der Waals surface area (Å²) in [6, 6.07) is 8.74. The Morgan fingerprint density at radius 2 is 1.73 bits per heavy atom. The van der Waals surface area contributed by atoms with E-state index in [9.17, 15) is 0 Å². The van der Waals surface area contributed by atoms with Crippen LogP contribution in [0.1, 0.15) is 16.7 Å². The molecule has 0 unspecified atom stereocenters. The van der Waals surface area contributed by atoms with Gasteiger partial charge in [0.1, 0.15) is 0 Å². The third-order valence-corrected chi connectivity index (χ3v) is 6.38. The molecule has 0 fully saturated rings. The molecule has 1 aromatic heterocycles. The van der Waals surface area contributed by atoms with Gasteiger partial charge in [0.15, 0.2) is 0 Å². The summed E-state index contributed by atoms with van der Waals surface area (Å²) in [4.78, 5) is 3.32. The van der Waals surface area contributed by atoms with Gasteiger partial charge in [-0.1, -0.05) is 0 Å². The predicted molar refractivity (Wildman–Crippen MR) is 66.5 cm³/mol.